The van der Waals surface area contributed by atoms with E-state index in [0.29, 0.717) is 24.6 Å². The first kappa shape index (κ1) is 19.8. The minimum absolute atomic E-state index is 0.103. The highest BCUT2D eigenvalue weighted by Crippen LogP contribution is 2.18. The number of aromatic nitrogens is 6. The second-order valence-corrected chi connectivity index (χ2v) is 7.66. The molecule has 4 aromatic rings. The lowest BCUT2D eigenvalue weighted by molar-refractivity contribution is -0.122. The minimum Gasteiger partial charge on any atom is -0.352 e. The lowest BCUT2D eigenvalue weighted by Gasteiger charge is -2.13. The van der Waals surface area contributed by atoms with Crippen LogP contribution in [0.15, 0.2) is 35.1 Å². The van der Waals surface area contributed by atoms with Gasteiger partial charge in [-0.25, -0.2) is 23.5 Å². The lowest BCUT2D eigenvalue weighted by Crippen LogP contribution is -2.38. The number of pyridine rings is 1. The maximum atomic E-state index is 13.0. The van der Waals surface area contributed by atoms with Crippen molar-refractivity contribution >= 4 is 22.5 Å². The molecule has 0 spiro atoms. The van der Waals surface area contributed by atoms with E-state index in [0.717, 1.165) is 22.3 Å². The zero-order chi connectivity index (χ0) is 21.4. The molecule has 3 heterocycles. The number of rotatable bonds is 6. The van der Waals surface area contributed by atoms with Crippen LogP contribution in [0.2, 0.25) is 0 Å². The van der Waals surface area contributed by atoms with Gasteiger partial charge >= 0.3 is 5.69 Å². The molecule has 0 saturated carbocycles. The van der Waals surface area contributed by atoms with Crippen molar-refractivity contribution in [2.45, 2.75) is 53.2 Å². The number of para-hydroxylation sites is 1. The molecule has 1 atom stereocenters. The van der Waals surface area contributed by atoms with Gasteiger partial charge in [0, 0.05) is 12.5 Å². The Balaban J connectivity index is 1.48. The molecule has 0 radical (unpaired) electrons. The van der Waals surface area contributed by atoms with Crippen LogP contribution in [0, 0.1) is 20.8 Å². The molecule has 0 unspecified atom stereocenters. The van der Waals surface area contributed by atoms with Gasteiger partial charge < -0.3 is 5.32 Å². The molecule has 0 aliphatic carbocycles. The summed E-state index contributed by atoms with van der Waals surface area (Å²) in [6.07, 6.45) is 0.289. The Kier molecular flexibility index (Phi) is 5.11. The quantitative estimate of drug-likeness (QED) is 0.525. The number of hydrogen-bond donors (Lipinski definition) is 1. The Morgan fingerprint density at radius 2 is 1.90 bits per heavy atom. The number of hydrogen-bond acceptors (Lipinski definition) is 5. The molecule has 0 aliphatic heterocycles. The van der Waals surface area contributed by atoms with Gasteiger partial charge in [-0.2, -0.15) is 5.10 Å². The fourth-order valence-corrected chi connectivity index (χ4v) is 3.74. The summed E-state index contributed by atoms with van der Waals surface area (Å²) in [6.45, 7) is 8.25. The van der Waals surface area contributed by atoms with Crippen LogP contribution in [0.3, 0.4) is 0 Å². The number of nitrogens with zero attached hydrogens (tertiary/aromatic N) is 6. The SMILES string of the molecule is Cc1nc(C)n(CCC(=O)N[C@H](C)Cn2nc3c(C)cc4ccccc4n3c2=O)n1. The van der Waals surface area contributed by atoms with Gasteiger partial charge in [0.1, 0.15) is 11.6 Å². The first-order valence-corrected chi connectivity index (χ1v) is 9.99. The Bertz CT molecular complexity index is 1300. The highest BCUT2D eigenvalue weighted by atomic mass is 16.2. The van der Waals surface area contributed by atoms with Crippen LogP contribution < -0.4 is 11.0 Å². The van der Waals surface area contributed by atoms with Crippen molar-refractivity contribution in [3.05, 3.63) is 58.0 Å². The first-order valence-electron chi connectivity index (χ1n) is 9.99. The van der Waals surface area contributed by atoms with Crippen LogP contribution in [-0.2, 0) is 17.9 Å². The number of carbonyl (C=O) groups excluding carboxylic acids is 1. The van der Waals surface area contributed by atoms with E-state index in [9.17, 15) is 9.59 Å². The summed E-state index contributed by atoms with van der Waals surface area (Å²) in [5.74, 6) is 1.37. The fraction of sp³-hybridized carbons (Fsp3) is 0.381. The molecular formula is C21H25N7O2. The van der Waals surface area contributed by atoms with E-state index in [1.165, 1.54) is 4.68 Å². The second kappa shape index (κ2) is 7.74. The standard InChI is InChI=1S/C21H25N7O2/c1-13-11-17-7-5-6-8-18(17)28-20(13)25-27(21(28)30)12-14(2)22-19(29)9-10-26-16(4)23-15(3)24-26/h5-8,11,14H,9-10,12H2,1-4H3,(H,22,29)/t14-/m1/s1. The van der Waals surface area contributed by atoms with Gasteiger partial charge in [0.15, 0.2) is 5.65 Å². The second-order valence-electron chi connectivity index (χ2n) is 7.66. The van der Waals surface area contributed by atoms with Crippen molar-refractivity contribution in [3.8, 4) is 0 Å². The topological polar surface area (TPSA) is 99.1 Å². The molecule has 3 aromatic heterocycles. The van der Waals surface area contributed by atoms with Crippen molar-refractivity contribution < 1.29 is 4.79 Å². The molecule has 0 fully saturated rings. The average Bonchev–Trinajstić information content (AvgIpc) is 3.19. The van der Waals surface area contributed by atoms with Crippen LogP contribution in [0.25, 0.3) is 16.6 Å². The predicted molar refractivity (Wildman–Crippen MR) is 113 cm³/mol. The maximum absolute atomic E-state index is 13.0. The number of benzene rings is 1. The van der Waals surface area contributed by atoms with Crippen molar-refractivity contribution in [1.82, 2.24) is 34.3 Å². The Morgan fingerprint density at radius 3 is 2.63 bits per heavy atom. The van der Waals surface area contributed by atoms with Gasteiger partial charge in [-0.15, -0.1) is 5.10 Å². The van der Waals surface area contributed by atoms with E-state index in [2.05, 4.69) is 20.5 Å². The fourth-order valence-electron chi connectivity index (χ4n) is 3.74. The molecule has 1 amide bonds. The number of aryl methyl sites for hydroxylation is 4. The summed E-state index contributed by atoms with van der Waals surface area (Å²) in [4.78, 5) is 29.6. The zero-order valence-electron chi connectivity index (χ0n) is 17.6. The van der Waals surface area contributed by atoms with Crippen molar-refractivity contribution in [3.63, 3.8) is 0 Å². The smallest absolute Gasteiger partial charge is 0.350 e. The van der Waals surface area contributed by atoms with E-state index in [1.807, 2.05) is 58.0 Å². The van der Waals surface area contributed by atoms with Crippen LogP contribution in [0.1, 0.15) is 30.6 Å². The molecule has 1 aromatic carbocycles. The third-order valence-electron chi connectivity index (χ3n) is 5.11. The molecule has 156 valence electrons. The van der Waals surface area contributed by atoms with Crippen molar-refractivity contribution in [2.75, 3.05) is 0 Å². The van der Waals surface area contributed by atoms with Crippen molar-refractivity contribution in [2.24, 2.45) is 0 Å². The summed E-state index contributed by atoms with van der Waals surface area (Å²) in [7, 11) is 0. The number of nitrogens with one attached hydrogen (secondary N) is 1. The van der Waals surface area contributed by atoms with Crippen LogP contribution in [0.5, 0.6) is 0 Å². The van der Waals surface area contributed by atoms with Gasteiger partial charge in [0.25, 0.3) is 0 Å². The van der Waals surface area contributed by atoms with Gasteiger partial charge in [0.05, 0.1) is 18.6 Å². The maximum Gasteiger partial charge on any atom is 0.350 e. The Morgan fingerprint density at radius 1 is 1.13 bits per heavy atom. The monoisotopic (exact) mass is 407 g/mol. The summed E-state index contributed by atoms with van der Waals surface area (Å²) < 4.78 is 4.78. The number of amides is 1. The number of fused-ring (bicyclic) bond motifs is 3. The highest BCUT2D eigenvalue weighted by Gasteiger charge is 2.16. The molecule has 9 nitrogen and oxygen atoms in total. The summed E-state index contributed by atoms with van der Waals surface area (Å²) in [5, 5.41) is 12.7. The van der Waals surface area contributed by atoms with Gasteiger partial charge in [-0.05, 0) is 50.8 Å². The molecule has 1 N–H and O–H groups in total. The Labute approximate surface area is 173 Å². The van der Waals surface area contributed by atoms with E-state index >= 15 is 0 Å². The van der Waals surface area contributed by atoms with E-state index in [1.54, 1.807) is 9.08 Å². The van der Waals surface area contributed by atoms with Crippen LogP contribution >= 0.6 is 0 Å². The largest absolute Gasteiger partial charge is 0.352 e. The normalized spacial score (nSPS) is 12.5. The van der Waals surface area contributed by atoms with Gasteiger partial charge in [0.2, 0.25) is 5.91 Å². The summed E-state index contributed by atoms with van der Waals surface area (Å²) in [6, 6.07) is 9.53. The Hall–Kier alpha value is -3.49. The van der Waals surface area contributed by atoms with Gasteiger partial charge in [-0.3, -0.25) is 4.79 Å². The molecule has 30 heavy (non-hydrogen) atoms. The molecule has 0 saturated heterocycles. The predicted octanol–water partition coefficient (Wildman–Crippen LogP) is 1.76. The minimum atomic E-state index is -0.245. The third-order valence-corrected chi connectivity index (χ3v) is 5.11. The third kappa shape index (κ3) is 3.70. The molecule has 9 heteroatoms. The summed E-state index contributed by atoms with van der Waals surface area (Å²) in [5.41, 5.74) is 2.18. The van der Waals surface area contributed by atoms with Crippen molar-refractivity contribution in [1.29, 1.82) is 0 Å². The molecule has 0 bridgehead atoms. The average molecular weight is 407 g/mol. The summed E-state index contributed by atoms with van der Waals surface area (Å²) >= 11 is 0. The van der Waals surface area contributed by atoms with E-state index < -0.39 is 0 Å². The number of carbonyl (C=O) groups is 1. The molecular weight excluding hydrogens is 382 g/mol. The lowest BCUT2D eigenvalue weighted by atomic mass is 10.1. The van der Waals surface area contributed by atoms with E-state index in [-0.39, 0.29) is 24.1 Å². The van der Waals surface area contributed by atoms with Crippen LogP contribution in [0.4, 0.5) is 0 Å². The molecule has 4 rings (SSSR count). The van der Waals surface area contributed by atoms with Gasteiger partial charge in [-0.1, -0.05) is 18.2 Å². The first-order chi connectivity index (χ1) is 14.3. The zero-order valence-corrected chi connectivity index (χ0v) is 17.6. The van der Waals surface area contributed by atoms with E-state index in [4.69, 9.17) is 0 Å². The van der Waals surface area contributed by atoms with Crippen LogP contribution in [-0.4, -0.2) is 40.9 Å². The molecule has 0 aliphatic rings. The highest BCUT2D eigenvalue weighted by molar-refractivity contribution is 5.83.